The fourth-order valence-corrected chi connectivity index (χ4v) is 3.86. The molecule has 2 aromatic carbocycles. The maximum atomic E-state index is 13.2. The number of carboxylic acids is 1. The zero-order valence-corrected chi connectivity index (χ0v) is 16.8. The molecule has 0 bridgehead atoms. The van der Waals surface area contributed by atoms with Crippen molar-refractivity contribution in [2.45, 2.75) is 0 Å². The van der Waals surface area contributed by atoms with Gasteiger partial charge in [-0.15, -0.1) is 0 Å². The Kier molecular flexibility index (Phi) is 4.21. The van der Waals surface area contributed by atoms with Crippen LogP contribution in [0.4, 0.5) is 15.8 Å². The number of hydrogen-bond acceptors (Lipinski definition) is 4. The minimum atomic E-state index is -1.01. The summed E-state index contributed by atoms with van der Waals surface area (Å²) < 4.78 is 15.0. The van der Waals surface area contributed by atoms with Crippen molar-refractivity contribution in [1.82, 2.24) is 19.7 Å². The Morgan fingerprint density at radius 1 is 1.06 bits per heavy atom. The van der Waals surface area contributed by atoms with Gasteiger partial charge in [0, 0.05) is 37.1 Å². The zero-order valence-electron chi connectivity index (χ0n) is 16.8. The molecule has 0 radical (unpaired) electrons. The molecule has 5 rings (SSSR count). The summed E-state index contributed by atoms with van der Waals surface area (Å²) in [5, 5.41) is 15.0. The summed E-state index contributed by atoms with van der Waals surface area (Å²) in [7, 11) is 3.75. The fraction of sp³-hybridized carbons (Fsp3) is 0.0870. The lowest BCUT2D eigenvalue weighted by Gasteiger charge is -2.19. The summed E-state index contributed by atoms with van der Waals surface area (Å²) in [4.78, 5) is 21.0. The molecule has 31 heavy (non-hydrogen) atoms. The molecular formula is C23H18FN5O2. The second-order valence-corrected chi connectivity index (χ2v) is 7.32. The highest BCUT2D eigenvalue weighted by Gasteiger charge is 2.18. The second-order valence-electron chi connectivity index (χ2n) is 7.32. The van der Waals surface area contributed by atoms with Crippen molar-refractivity contribution in [2.24, 2.45) is 7.05 Å². The molecule has 0 aliphatic heterocycles. The third-order valence-electron chi connectivity index (χ3n) is 5.43. The maximum absolute atomic E-state index is 13.2. The van der Waals surface area contributed by atoms with Crippen LogP contribution in [0.25, 0.3) is 33.3 Å². The number of carboxylic acid groups (broad SMARTS) is 1. The first-order chi connectivity index (χ1) is 14.9. The Bertz CT molecular complexity index is 1450. The van der Waals surface area contributed by atoms with E-state index in [4.69, 9.17) is 0 Å². The van der Waals surface area contributed by atoms with Gasteiger partial charge in [-0.05, 0) is 54.6 Å². The molecule has 3 heterocycles. The number of hydrogen-bond donors (Lipinski definition) is 2. The van der Waals surface area contributed by atoms with Gasteiger partial charge in [0.1, 0.15) is 5.82 Å². The van der Waals surface area contributed by atoms with Crippen molar-refractivity contribution in [2.75, 3.05) is 11.9 Å². The van der Waals surface area contributed by atoms with Crippen molar-refractivity contribution in [3.8, 4) is 11.4 Å². The summed E-state index contributed by atoms with van der Waals surface area (Å²) in [5.74, 6) is -1.29. The van der Waals surface area contributed by atoms with Crippen molar-refractivity contribution in [3.63, 3.8) is 0 Å². The average Bonchev–Trinajstić information content (AvgIpc) is 3.32. The Balaban J connectivity index is 1.60. The number of H-pyrrole nitrogens is 1. The van der Waals surface area contributed by atoms with E-state index in [9.17, 15) is 14.3 Å². The molecule has 0 aliphatic rings. The summed E-state index contributed by atoms with van der Waals surface area (Å²) in [6.45, 7) is 0. The van der Waals surface area contributed by atoms with Crippen LogP contribution in [0.5, 0.6) is 0 Å². The normalized spacial score (nSPS) is 11.3. The van der Waals surface area contributed by atoms with Gasteiger partial charge in [-0.1, -0.05) is 0 Å². The minimum Gasteiger partial charge on any atom is -0.478 e. The lowest BCUT2D eigenvalue weighted by Crippen LogP contribution is -2.09. The number of aromatic nitrogens is 4. The fourth-order valence-electron chi connectivity index (χ4n) is 3.86. The Hall–Kier alpha value is -4.20. The van der Waals surface area contributed by atoms with Crippen LogP contribution in [0.15, 0.2) is 60.8 Å². The predicted molar refractivity (Wildman–Crippen MR) is 117 cm³/mol. The molecule has 3 aromatic heterocycles. The van der Waals surface area contributed by atoms with Gasteiger partial charge in [0.25, 0.3) is 0 Å². The SMILES string of the molecule is CN(c1ccc(F)cc1)c1ccc2c(-c3cc4nccc(C(=O)O)c4[nH]3)n(C)nc2c1. The standard InChI is InChI=1S/C23H18FN5O2/c1-28(14-5-3-13(24)4-6-14)15-7-8-16-18(11-15)27-29(2)22(16)20-12-19-21(26-20)17(23(30)31)9-10-25-19/h3-12,26H,1-2H3,(H,30,31). The number of anilines is 2. The van der Waals surface area contributed by atoms with Gasteiger partial charge in [0.2, 0.25) is 0 Å². The van der Waals surface area contributed by atoms with Gasteiger partial charge in [0.05, 0.1) is 33.5 Å². The number of aromatic carboxylic acids is 1. The predicted octanol–water partition coefficient (Wildman–Crippen LogP) is 4.72. The van der Waals surface area contributed by atoms with E-state index in [0.717, 1.165) is 33.7 Å². The van der Waals surface area contributed by atoms with Crippen LogP contribution in [0.1, 0.15) is 10.4 Å². The van der Waals surface area contributed by atoms with Crippen molar-refractivity contribution in [3.05, 3.63) is 72.2 Å². The molecule has 0 spiro atoms. The molecule has 154 valence electrons. The van der Waals surface area contributed by atoms with Gasteiger partial charge >= 0.3 is 5.97 Å². The number of halogens is 1. The lowest BCUT2D eigenvalue weighted by atomic mass is 10.1. The highest BCUT2D eigenvalue weighted by molar-refractivity contribution is 6.03. The van der Waals surface area contributed by atoms with Gasteiger partial charge in [-0.25, -0.2) is 9.18 Å². The number of nitrogens with zero attached hydrogens (tertiary/aromatic N) is 4. The van der Waals surface area contributed by atoms with Crippen LogP contribution in [0.2, 0.25) is 0 Å². The monoisotopic (exact) mass is 415 g/mol. The van der Waals surface area contributed by atoms with Crippen molar-refractivity contribution >= 4 is 39.3 Å². The highest BCUT2D eigenvalue weighted by atomic mass is 19.1. The number of carbonyl (C=O) groups is 1. The van der Waals surface area contributed by atoms with Gasteiger partial charge in [-0.3, -0.25) is 9.67 Å². The van der Waals surface area contributed by atoms with Crippen molar-refractivity contribution < 1.29 is 14.3 Å². The molecule has 7 nitrogen and oxygen atoms in total. The smallest absolute Gasteiger partial charge is 0.337 e. The molecule has 0 unspecified atom stereocenters. The van der Waals surface area contributed by atoms with E-state index in [-0.39, 0.29) is 11.4 Å². The Morgan fingerprint density at radius 2 is 1.81 bits per heavy atom. The van der Waals surface area contributed by atoms with Crippen LogP contribution in [0.3, 0.4) is 0 Å². The number of aromatic amines is 1. The van der Waals surface area contributed by atoms with Gasteiger partial charge in [-0.2, -0.15) is 5.10 Å². The quantitative estimate of drug-likeness (QED) is 0.443. The summed E-state index contributed by atoms with van der Waals surface area (Å²) >= 11 is 0. The van der Waals surface area contributed by atoms with Crippen molar-refractivity contribution in [1.29, 1.82) is 0 Å². The van der Waals surface area contributed by atoms with E-state index in [1.165, 1.54) is 24.4 Å². The molecule has 0 saturated heterocycles. The molecule has 0 aliphatic carbocycles. The molecule has 0 amide bonds. The number of rotatable bonds is 4. The summed E-state index contributed by atoms with van der Waals surface area (Å²) in [5.41, 5.74) is 5.36. The first-order valence-corrected chi connectivity index (χ1v) is 9.60. The van der Waals surface area contributed by atoms with Gasteiger partial charge < -0.3 is 15.0 Å². The number of pyridine rings is 1. The average molecular weight is 415 g/mol. The summed E-state index contributed by atoms with van der Waals surface area (Å²) in [6.07, 6.45) is 1.49. The molecule has 0 saturated carbocycles. The number of benzene rings is 2. The largest absolute Gasteiger partial charge is 0.478 e. The lowest BCUT2D eigenvalue weighted by molar-refractivity contribution is 0.0698. The molecule has 0 atom stereocenters. The van der Waals surface area contributed by atoms with Crippen LogP contribution in [-0.4, -0.2) is 37.9 Å². The molecule has 0 fully saturated rings. The van der Waals surface area contributed by atoms with E-state index in [2.05, 4.69) is 15.1 Å². The zero-order chi connectivity index (χ0) is 21.7. The van der Waals surface area contributed by atoms with Gasteiger partial charge in [0.15, 0.2) is 0 Å². The Labute approximate surface area is 176 Å². The molecule has 2 N–H and O–H groups in total. The Morgan fingerprint density at radius 3 is 2.55 bits per heavy atom. The first-order valence-electron chi connectivity index (χ1n) is 9.60. The summed E-state index contributed by atoms with van der Waals surface area (Å²) in [6, 6.07) is 15.5. The van der Waals surface area contributed by atoms with Crippen LogP contribution < -0.4 is 4.90 Å². The second kappa shape index (κ2) is 6.94. The minimum absolute atomic E-state index is 0.172. The van der Waals surface area contributed by atoms with Crippen LogP contribution >= 0.6 is 0 Å². The number of fused-ring (bicyclic) bond motifs is 2. The topological polar surface area (TPSA) is 87.0 Å². The molecular weight excluding hydrogens is 397 g/mol. The number of nitrogens with one attached hydrogen (secondary N) is 1. The van der Waals surface area contributed by atoms with E-state index < -0.39 is 5.97 Å². The van der Waals surface area contributed by atoms with E-state index in [1.54, 1.807) is 16.8 Å². The molecule has 5 aromatic rings. The number of aryl methyl sites for hydroxylation is 1. The third-order valence-corrected chi connectivity index (χ3v) is 5.43. The maximum Gasteiger partial charge on any atom is 0.337 e. The van der Waals surface area contributed by atoms with E-state index in [0.29, 0.717) is 11.0 Å². The molecule has 8 heteroatoms. The van der Waals surface area contributed by atoms with E-state index in [1.807, 2.05) is 43.3 Å². The van der Waals surface area contributed by atoms with E-state index >= 15 is 0 Å². The third kappa shape index (κ3) is 3.09. The highest BCUT2D eigenvalue weighted by Crippen LogP contribution is 2.33. The van der Waals surface area contributed by atoms with Crippen LogP contribution in [-0.2, 0) is 7.05 Å². The van der Waals surface area contributed by atoms with Crippen LogP contribution in [0, 0.1) is 5.82 Å². The first kappa shape index (κ1) is 18.8.